The molecule has 3 rings (SSSR count). The smallest absolute Gasteiger partial charge is 0.166 e. The van der Waals surface area contributed by atoms with Crippen molar-refractivity contribution in [1.29, 1.82) is 0 Å². The second-order valence-corrected chi connectivity index (χ2v) is 5.55. The first-order valence-electron chi connectivity index (χ1n) is 6.63. The topological polar surface area (TPSA) is 56.7 Å². The number of anilines is 1. The zero-order chi connectivity index (χ0) is 13.4. The maximum atomic E-state index is 6.06. The van der Waals surface area contributed by atoms with Crippen molar-refractivity contribution in [1.82, 2.24) is 14.8 Å². The molecule has 2 N–H and O–H groups in total. The minimum atomic E-state index is 0.500. The highest BCUT2D eigenvalue weighted by atomic mass is 35.5. The lowest BCUT2D eigenvalue weighted by atomic mass is 10.1. The molecule has 0 bridgehead atoms. The summed E-state index contributed by atoms with van der Waals surface area (Å²) in [5.74, 6) is 1.81. The highest BCUT2D eigenvalue weighted by Gasteiger charge is 2.23. The van der Waals surface area contributed by atoms with E-state index in [-0.39, 0.29) is 0 Å². The van der Waals surface area contributed by atoms with Crippen molar-refractivity contribution in [3.8, 4) is 11.4 Å². The standard InChI is InChI=1S/C14H17ClN4/c1-9-17-18-14(19(9)11-4-2-3-5-11)12-7-6-10(15)8-13(12)16/h6-8,11H,2-5,16H2,1H3. The van der Waals surface area contributed by atoms with Crippen LogP contribution >= 0.6 is 11.6 Å². The van der Waals surface area contributed by atoms with Crippen molar-refractivity contribution in [2.45, 2.75) is 38.6 Å². The predicted octanol–water partition coefficient (Wildman–Crippen LogP) is 3.60. The monoisotopic (exact) mass is 276 g/mol. The number of aromatic nitrogens is 3. The van der Waals surface area contributed by atoms with Crippen molar-refractivity contribution in [3.05, 3.63) is 29.0 Å². The van der Waals surface area contributed by atoms with Crippen LogP contribution in [-0.2, 0) is 0 Å². The molecular weight excluding hydrogens is 260 g/mol. The molecule has 0 spiro atoms. The lowest BCUT2D eigenvalue weighted by Gasteiger charge is -2.16. The maximum Gasteiger partial charge on any atom is 0.166 e. The van der Waals surface area contributed by atoms with Gasteiger partial charge < -0.3 is 10.3 Å². The normalized spacial score (nSPS) is 16.1. The molecule has 0 aliphatic heterocycles. The summed E-state index contributed by atoms with van der Waals surface area (Å²) in [5, 5.41) is 9.18. The van der Waals surface area contributed by atoms with E-state index in [4.69, 9.17) is 17.3 Å². The van der Waals surface area contributed by atoms with Crippen molar-refractivity contribution >= 4 is 17.3 Å². The summed E-state index contributed by atoms with van der Waals surface area (Å²) in [6.45, 7) is 2.00. The second kappa shape index (κ2) is 4.85. The minimum absolute atomic E-state index is 0.500. The molecule has 0 atom stereocenters. The van der Waals surface area contributed by atoms with Crippen LogP contribution in [0.5, 0.6) is 0 Å². The summed E-state index contributed by atoms with van der Waals surface area (Å²) in [6.07, 6.45) is 4.94. The van der Waals surface area contributed by atoms with Crippen LogP contribution in [0.1, 0.15) is 37.5 Å². The maximum absolute atomic E-state index is 6.06. The van der Waals surface area contributed by atoms with Gasteiger partial charge in [-0.2, -0.15) is 0 Å². The molecule has 1 aromatic carbocycles. The van der Waals surface area contributed by atoms with Gasteiger partial charge in [0.25, 0.3) is 0 Å². The number of halogens is 1. The van der Waals surface area contributed by atoms with Gasteiger partial charge in [-0.1, -0.05) is 24.4 Å². The zero-order valence-electron chi connectivity index (χ0n) is 10.9. The average molecular weight is 277 g/mol. The largest absolute Gasteiger partial charge is 0.398 e. The first kappa shape index (κ1) is 12.5. The van der Waals surface area contributed by atoms with Crippen LogP contribution in [0, 0.1) is 6.92 Å². The molecule has 1 aromatic heterocycles. The first-order chi connectivity index (χ1) is 9.16. The van der Waals surface area contributed by atoms with Gasteiger partial charge in [-0.15, -0.1) is 10.2 Å². The van der Waals surface area contributed by atoms with Gasteiger partial charge in [0.1, 0.15) is 5.82 Å². The SMILES string of the molecule is Cc1nnc(-c2ccc(Cl)cc2N)n1C1CCCC1. The molecule has 1 aliphatic rings. The van der Waals surface area contributed by atoms with Crippen LogP contribution in [0.15, 0.2) is 18.2 Å². The van der Waals surface area contributed by atoms with E-state index in [1.54, 1.807) is 6.07 Å². The number of benzene rings is 1. The Morgan fingerprint density at radius 1 is 1.26 bits per heavy atom. The molecule has 1 saturated carbocycles. The van der Waals surface area contributed by atoms with E-state index in [9.17, 15) is 0 Å². The van der Waals surface area contributed by atoms with E-state index in [0.717, 1.165) is 17.2 Å². The van der Waals surface area contributed by atoms with Crippen LogP contribution in [-0.4, -0.2) is 14.8 Å². The van der Waals surface area contributed by atoms with Crippen LogP contribution in [0.2, 0.25) is 5.02 Å². The summed E-state index contributed by atoms with van der Waals surface area (Å²) >= 11 is 5.95. The summed E-state index contributed by atoms with van der Waals surface area (Å²) < 4.78 is 2.23. The van der Waals surface area contributed by atoms with Gasteiger partial charge in [0.15, 0.2) is 5.82 Å². The fourth-order valence-electron chi connectivity index (χ4n) is 2.89. The number of nitrogens with two attached hydrogens (primary N) is 1. The lowest BCUT2D eigenvalue weighted by Crippen LogP contribution is -2.09. The number of aryl methyl sites for hydroxylation is 1. The Morgan fingerprint density at radius 3 is 2.68 bits per heavy atom. The molecule has 1 heterocycles. The summed E-state index contributed by atoms with van der Waals surface area (Å²) in [7, 11) is 0. The molecule has 1 aliphatic carbocycles. The Morgan fingerprint density at radius 2 is 2.00 bits per heavy atom. The Hall–Kier alpha value is -1.55. The molecule has 2 aromatic rings. The molecular formula is C14H17ClN4. The van der Waals surface area contributed by atoms with E-state index >= 15 is 0 Å². The fourth-order valence-corrected chi connectivity index (χ4v) is 3.07. The predicted molar refractivity (Wildman–Crippen MR) is 77.1 cm³/mol. The third-order valence-corrected chi connectivity index (χ3v) is 4.05. The van der Waals surface area contributed by atoms with Crippen molar-refractivity contribution in [3.63, 3.8) is 0 Å². The van der Waals surface area contributed by atoms with E-state index in [0.29, 0.717) is 16.8 Å². The fraction of sp³-hybridized carbons (Fsp3) is 0.429. The average Bonchev–Trinajstić information content (AvgIpc) is 2.98. The number of rotatable bonds is 2. The second-order valence-electron chi connectivity index (χ2n) is 5.11. The number of nitrogens with zero attached hydrogens (tertiary/aromatic N) is 3. The number of hydrogen-bond donors (Lipinski definition) is 1. The van der Waals surface area contributed by atoms with Crippen molar-refractivity contribution in [2.24, 2.45) is 0 Å². The van der Waals surface area contributed by atoms with Crippen molar-refractivity contribution < 1.29 is 0 Å². The van der Waals surface area contributed by atoms with Gasteiger partial charge in [-0.05, 0) is 38.0 Å². The van der Waals surface area contributed by atoms with Crippen molar-refractivity contribution in [2.75, 3.05) is 5.73 Å². The molecule has 4 nitrogen and oxygen atoms in total. The van der Waals surface area contributed by atoms with Gasteiger partial charge in [-0.25, -0.2) is 0 Å². The third kappa shape index (κ3) is 2.21. The minimum Gasteiger partial charge on any atom is -0.398 e. The van der Waals surface area contributed by atoms with Gasteiger partial charge in [0.05, 0.1) is 0 Å². The number of nitrogen functional groups attached to an aromatic ring is 1. The van der Waals surface area contributed by atoms with Gasteiger partial charge in [0, 0.05) is 22.3 Å². The van der Waals surface area contributed by atoms with Crippen LogP contribution < -0.4 is 5.73 Å². The van der Waals surface area contributed by atoms with Crippen LogP contribution in [0.4, 0.5) is 5.69 Å². The van der Waals surface area contributed by atoms with E-state index in [2.05, 4.69) is 14.8 Å². The molecule has 0 amide bonds. The molecule has 1 fully saturated rings. The molecule has 0 radical (unpaired) electrons. The Balaban J connectivity index is 2.09. The zero-order valence-corrected chi connectivity index (χ0v) is 11.7. The lowest BCUT2D eigenvalue weighted by molar-refractivity contribution is 0.510. The Bertz CT molecular complexity index is 599. The molecule has 5 heteroatoms. The highest BCUT2D eigenvalue weighted by molar-refractivity contribution is 6.31. The Labute approximate surface area is 117 Å². The highest BCUT2D eigenvalue weighted by Crippen LogP contribution is 2.35. The van der Waals surface area contributed by atoms with Gasteiger partial charge in [0.2, 0.25) is 0 Å². The summed E-state index contributed by atoms with van der Waals surface area (Å²) in [6, 6.07) is 6.03. The molecule has 19 heavy (non-hydrogen) atoms. The van der Waals surface area contributed by atoms with Crippen LogP contribution in [0.25, 0.3) is 11.4 Å². The summed E-state index contributed by atoms with van der Waals surface area (Å²) in [5.41, 5.74) is 7.63. The van der Waals surface area contributed by atoms with Gasteiger partial charge >= 0.3 is 0 Å². The van der Waals surface area contributed by atoms with Crippen LogP contribution in [0.3, 0.4) is 0 Å². The molecule has 100 valence electrons. The number of hydrogen-bond acceptors (Lipinski definition) is 3. The first-order valence-corrected chi connectivity index (χ1v) is 7.01. The van der Waals surface area contributed by atoms with Gasteiger partial charge in [-0.3, -0.25) is 0 Å². The van der Waals surface area contributed by atoms with E-state index in [1.165, 1.54) is 25.7 Å². The van der Waals surface area contributed by atoms with E-state index < -0.39 is 0 Å². The summed E-state index contributed by atoms with van der Waals surface area (Å²) in [4.78, 5) is 0. The third-order valence-electron chi connectivity index (χ3n) is 3.81. The van der Waals surface area contributed by atoms with E-state index in [1.807, 2.05) is 19.1 Å². The Kier molecular flexibility index (Phi) is 3.19. The molecule has 0 unspecified atom stereocenters. The quantitative estimate of drug-likeness (QED) is 0.853. The molecule has 0 saturated heterocycles.